The number of hydrogen-bond donors (Lipinski definition) is 2. The van der Waals surface area contributed by atoms with Crippen LogP contribution in [-0.2, 0) is 14.8 Å². The molecule has 0 spiro atoms. The minimum atomic E-state index is -3.19. The average Bonchev–Trinajstić information content (AvgIpc) is 2.15. The highest BCUT2D eigenvalue weighted by molar-refractivity contribution is 7.88. The molecule has 0 aromatic heterocycles. The van der Waals surface area contributed by atoms with Gasteiger partial charge >= 0.3 is 0 Å². The number of piperidine rings is 1. The molecule has 1 heterocycles. The highest BCUT2D eigenvalue weighted by Crippen LogP contribution is 2.18. The Kier molecular flexibility index (Phi) is 3.46. The molecule has 1 amide bonds. The van der Waals surface area contributed by atoms with Gasteiger partial charge in [-0.05, 0) is 12.8 Å². The molecule has 0 bridgehead atoms. The number of amides is 1. The summed E-state index contributed by atoms with van der Waals surface area (Å²) in [6.45, 7) is 0.731. The molecule has 0 saturated carbocycles. The molecule has 14 heavy (non-hydrogen) atoms. The van der Waals surface area contributed by atoms with E-state index in [1.54, 1.807) is 0 Å². The number of sulfonamides is 1. The first-order valence-corrected chi connectivity index (χ1v) is 6.25. The lowest BCUT2D eigenvalue weighted by atomic mass is 9.99. The van der Waals surface area contributed by atoms with Gasteiger partial charge in [0.25, 0.3) is 0 Å². The summed E-state index contributed by atoms with van der Waals surface area (Å²) in [6.07, 6.45) is 2.54. The van der Waals surface area contributed by atoms with E-state index in [0.717, 1.165) is 6.26 Å². The van der Waals surface area contributed by atoms with Gasteiger partial charge in [-0.2, -0.15) is 0 Å². The highest BCUT2D eigenvalue weighted by atomic mass is 32.2. The Balaban J connectivity index is 2.65. The van der Waals surface area contributed by atoms with Crippen LogP contribution in [-0.4, -0.2) is 38.0 Å². The van der Waals surface area contributed by atoms with Gasteiger partial charge < -0.3 is 0 Å². The van der Waals surface area contributed by atoms with Crippen LogP contribution < -0.4 is 11.3 Å². The number of hydrazine groups is 1. The largest absolute Gasteiger partial charge is 0.294 e. The van der Waals surface area contributed by atoms with Gasteiger partial charge in [-0.3, -0.25) is 10.2 Å². The number of hydrogen-bond acceptors (Lipinski definition) is 4. The third-order valence-corrected chi connectivity index (χ3v) is 3.64. The van der Waals surface area contributed by atoms with E-state index in [9.17, 15) is 13.2 Å². The zero-order valence-corrected chi connectivity index (χ0v) is 8.88. The SMILES string of the molecule is CS(=O)(=O)N1CCC[C@H](C(=O)NN)C1. The smallest absolute Gasteiger partial charge is 0.238 e. The van der Waals surface area contributed by atoms with Crippen LogP contribution in [0, 0.1) is 5.92 Å². The van der Waals surface area contributed by atoms with E-state index in [0.29, 0.717) is 19.4 Å². The van der Waals surface area contributed by atoms with Crippen molar-refractivity contribution in [2.75, 3.05) is 19.3 Å². The molecule has 0 aromatic carbocycles. The molecule has 1 fully saturated rings. The van der Waals surface area contributed by atoms with Crippen molar-refractivity contribution >= 4 is 15.9 Å². The number of nitrogens with two attached hydrogens (primary N) is 1. The minimum absolute atomic E-state index is 0.238. The van der Waals surface area contributed by atoms with E-state index >= 15 is 0 Å². The van der Waals surface area contributed by atoms with E-state index in [4.69, 9.17) is 5.84 Å². The van der Waals surface area contributed by atoms with Crippen LogP contribution in [0.3, 0.4) is 0 Å². The van der Waals surface area contributed by atoms with Crippen molar-refractivity contribution in [2.24, 2.45) is 11.8 Å². The standard InChI is InChI=1S/C7H15N3O3S/c1-14(12,13)10-4-2-3-6(5-10)7(11)9-8/h6H,2-5,8H2,1H3,(H,9,11)/t6-/m0/s1. The fourth-order valence-electron chi connectivity index (χ4n) is 1.58. The van der Waals surface area contributed by atoms with E-state index in [1.807, 2.05) is 5.43 Å². The third kappa shape index (κ3) is 2.66. The van der Waals surface area contributed by atoms with Crippen LogP contribution in [0.5, 0.6) is 0 Å². The van der Waals surface area contributed by atoms with Gasteiger partial charge in [-0.25, -0.2) is 18.6 Å². The summed E-state index contributed by atoms with van der Waals surface area (Å²) in [7, 11) is -3.19. The molecule has 1 rings (SSSR count). The second kappa shape index (κ2) is 4.24. The summed E-state index contributed by atoms with van der Waals surface area (Å²) < 4.78 is 23.7. The molecular weight excluding hydrogens is 206 g/mol. The zero-order chi connectivity index (χ0) is 10.8. The Bertz CT molecular complexity index is 314. The highest BCUT2D eigenvalue weighted by Gasteiger charge is 2.29. The zero-order valence-electron chi connectivity index (χ0n) is 8.06. The van der Waals surface area contributed by atoms with E-state index in [1.165, 1.54) is 4.31 Å². The number of carbonyl (C=O) groups is 1. The van der Waals surface area contributed by atoms with Gasteiger partial charge in [0.05, 0.1) is 12.2 Å². The van der Waals surface area contributed by atoms with E-state index < -0.39 is 10.0 Å². The Morgan fingerprint density at radius 1 is 1.57 bits per heavy atom. The summed E-state index contributed by atoms with van der Waals surface area (Å²) in [5, 5.41) is 0. The van der Waals surface area contributed by atoms with Gasteiger partial charge in [0.1, 0.15) is 0 Å². The van der Waals surface area contributed by atoms with Crippen molar-refractivity contribution in [1.29, 1.82) is 0 Å². The van der Waals surface area contributed by atoms with E-state index in [2.05, 4.69) is 0 Å². The molecule has 1 atom stereocenters. The van der Waals surface area contributed by atoms with Gasteiger partial charge in [0, 0.05) is 13.1 Å². The van der Waals surface area contributed by atoms with Crippen LogP contribution in [0.15, 0.2) is 0 Å². The maximum absolute atomic E-state index is 11.2. The van der Waals surface area contributed by atoms with Gasteiger partial charge in [-0.1, -0.05) is 0 Å². The number of carbonyl (C=O) groups excluding carboxylic acids is 1. The number of nitrogens with one attached hydrogen (secondary N) is 1. The fraction of sp³-hybridized carbons (Fsp3) is 0.857. The molecular formula is C7H15N3O3S. The quantitative estimate of drug-likeness (QED) is 0.342. The van der Waals surface area contributed by atoms with Crippen LogP contribution in [0.25, 0.3) is 0 Å². The van der Waals surface area contributed by atoms with Crippen LogP contribution >= 0.6 is 0 Å². The number of rotatable bonds is 2. The van der Waals surface area contributed by atoms with Crippen molar-refractivity contribution in [3.8, 4) is 0 Å². The number of nitrogens with zero attached hydrogens (tertiary/aromatic N) is 1. The third-order valence-electron chi connectivity index (χ3n) is 2.37. The summed E-state index contributed by atoms with van der Waals surface area (Å²) in [6, 6.07) is 0. The molecule has 1 saturated heterocycles. The Labute approximate surface area is 83.5 Å². The monoisotopic (exact) mass is 221 g/mol. The summed E-state index contributed by atoms with van der Waals surface area (Å²) >= 11 is 0. The lowest BCUT2D eigenvalue weighted by Crippen LogP contribution is -2.46. The molecule has 7 heteroatoms. The predicted octanol–water partition coefficient (Wildman–Crippen LogP) is -1.35. The van der Waals surface area contributed by atoms with Crippen LogP contribution in [0.2, 0.25) is 0 Å². The molecule has 0 radical (unpaired) electrons. The van der Waals surface area contributed by atoms with Crippen molar-refractivity contribution in [2.45, 2.75) is 12.8 Å². The van der Waals surface area contributed by atoms with Crippen LogP contribution in [0.4, 0.5) is 0 Å². The summed E-state index contributed by atoms with van der Waals surface area (Å²) in [5.74, 6) is 4.38. The molecule has 0 aromatic rings. The first-order valence-electron chi connectivity index (χ1n) is 4.40. The second-order valence-corrected chi connectivity index (χ2v) is 5.45. The molecule has 3 N–H and O–H groups in total. The molecule has 0 unspecified atom stereocenters. The van der Waals surface area contributed by atoms with Crippen molar-refractivity contribution in [3.63, 3.8) is 0 Å². The molecule has 6 nitrogen and oxygen atoms in total. The Morgan fingerprint density at radius 3 is 2.71 bits per heavy atom. The van der Waals surface area contributed by atoms with Gasteiger partial charge in [0.15, 0.2) is 0 Å². The second-order valence-electron chi connectivity index (χ2n) is 3.47. The molecule has 1 aliphatic rings. The average molecular weight is 221 g/mol. The maximum atomic E-state index is 11.2. The lowest BCUT2D eigenvalue weighted by molar-refractivity contribution is -0.126. The van der Waals surface area contributed by atoms with Crippen molar-refractivity contribution in [3.05, 3.63) is 0 Å². The molecule has 0 aliphatic carbocycles. The minimum Gasteiger partial charge on any atom is -0.294 e. The molecule has 1 aliphatic heterocycles. The van der Waals surface area contributed by atoms with Crippen LogP contribution in [0.1, 0.15) is 12.8 Å². The Hall–Kier alpha value is -0.660. The predicted molar refractivity (Wildman–Crippen MR) is 51.5 cm³/mol. The summed E-state index contributed by atoms with van der Waals surface area (Å²) in [5.41, 5.74) is 2.05. The summed E-state index contributed by atoms with van der Waals surface area (Å²) in [4.78, 5) is 11.2. The van der Waals surface area contributed by atoms with Crippen molar-refractivity contribution < 1.29 is 13.2 Å². The van der Waals surface area contributed by atoms with Crippen molar-refractivity contribution in [1.82, 2.24) is 9.73 Å². The van der Waals surface area contributed by atoms with Gasteiger partial charge in [-0.15, -0.1) is 0 Å². The maximum Gasteiger partial charge on any atom is 0.238 e. The van der Waals surface area contributed by atoms with E-state index in [-0.39, 0.29) is 18.4 Å². The lowest BCUT2D eigenvalue weighted by Gasteiger charge is -2.29. The molecule has 82 valence electrons. The first-order chi connectivity index (χ1) is 6.45. The normalized spacial score (nSPS) is 24.6. The Morgan fingerprint density at radius 2 is 2.21 bits per heavy atom. The fourth-order valence-corrected chi connectivity index (χ4v) is 2.49. The first kappa shape index (κ1) is 11.4. The van der Waals surface area contributed by atoms with Gasteiger partial charge in [0.2, 0.25) is 15.9 Å². The topological polar surface area (TPSA) is 92.5 Å².